The molecule has 0 radical (unpaired) electrons. The summed E-state index contributed by atoms with van der Waals surface area (Å²) in [5.41, 5.74) is 2.31. The Hall–Kier alpha value is -2.49. The minimum Gasteiger partial charge on any atom is -0.433 e. The van der Waals surface area contributed by atoms with Crippen LogP contribution in [0.2, 0.25) is 0 Å². The molecule has 1 unspecified atom stereocenters. The van der Waals surface area contributed by atoms with Crippen molar-refractivity contribution in [3.63, 3.8) is 0 Å². The van der Waals surface area contributed by atoms with Crippen molar-refractivity contribution in [1.29, 1.82) is 0 Å². The second-order valence-electron chi connectivity index (χ2n) is 9.60. The highest BCUT2D eigenvalue weighted by Gasteiger charge is 2.65. The molecule has 4 rings (SSSR count). The number of aromatic nitrogens is 2. The molecule has 2 atom stereocenters. The summed E-state index contributed by atoms with van der Waals surface area (Å²) in [6.45, 7) is 5.15. The van der Waals surface area contributed by atoms with Gasteiger partial charge in [-0.3, -0.25) is 9.59 Å². The molecule has 182 valence electrons. The molecular formula is C23H34N4O6. The molecule has 3 fully saturated rings. The van der Waals surface area contributed by atoms with Gasteiger partial charge in [-0.1, -0.05) is 31.3 Å². The van der Waals surface area contributed by atoms with E-state index in [1.807, 2.05) is 0 Å². The first-order valence-corrected chi connectivity index (χ1v) is 12.1. The smallest absolute Gasteiger partial charge is 0.405 e. The van der Waals surface area contributed by atoms with Crippen molar-refractivity contribution >= 4 is 17.8 Å². The zero-order chi connectivity index (χ0) is 23.6. The van der Waals surface area contributed by atoms with Crippen LogP contribution in [-0.4, -0.2) is 64.7 Å². The quantitative estimate of drug-likeness (QED) is 0.582. The van der Waals surface area contributed by atoms with Crippen LogP contribution in [0.5, 0.6) is 0 Å². The average Bonchev–Trinajstić information content (AvgIpc) is 3.58. The molecule has 1 aliphatic heterocycles. The number of nitrogens with zero attached hydrogens (tertiary/aromatic N) is 3. The fourth-order valence-corrected chi connectivity index (χ4v) is 5.62. The van der Waals surface area contributed by atoms with E-state index in [9.17, 15) is 14.4 Å². The highest BCUT2D eigenvalue weighted by molar-refractivity contribution is 6.05. The third-order valence-electron chi connectivity index (χ3n) is 7.72. The second-order valence-corrected chi connectivity index (χ2v) is 9.60. The molecule has 0 bridgehead atoms. The highest BCUT2D eigenvalue weighted by atomic mass is 16.6. The van der Waals surface area contributed by atoms with E-state index in [2.05, 4.69) is 10.1 Å². The van der Waals surface area contributed by atoms with E-state index in [0.29, 0.717) is 32.1 Å². The molecule has 10 heteroatoms. The lowest BCUT2D eigenvalue weighted by molar-refractivity contribution is -0.168. The van der Waals surface area contributed by atoms with Crippen molar-refractivity contribution in [2.24, 2.45) is 17.1 Å². The standard InChI is InChI=1S/C23H34N4O6/c1-3-23(32-21(24)30,17(28)19-25-18(26-33-19)15-9-10-15)22(2,16-7-5-4-6-8-16)20(29)27-11-13-31-14-12-27/h15-16H,3-14H2,1-2H3,(H2,24,30)/t22?,23-/m1/s1. The van der Waals surface area contributed by atoms with Crippen LogP contribution in [-0.2, 0) is 14.3 Å². The van der Waals surface area contributed by atoms with E-state index in [1.165, 1.54) is 0 Å². The van der Waals surface area contributed by atoms with Gasteiger partial charge in [0.2, 0.25) is 5.91 Å². The molecule has 2 saturated carbocycles. The zero-order valence-electron chi connectivity index (χ0n) is 19.5. The van der Waals surface area contributed by atoms with Crippen molar-refractivity contribution in [2.45, 2.75) is 76.7 Å². The summed E-state index contributed by atoms with van der Waals surface area (Å²) in [7, 11) is 0. The Balaban J connectivity index is 1.81. The first-order valence-electron chi connectivity index (χ1n) is 12.1. The lowest BCUT2D eigenvalue weighted by Crippen LogP contribution is -2.66. The predicted molar refractivity (Wildman–Crippen MR) is 116 cm³/mol. The number of rotatable bonds is 8. The predicted octanol–water partition coefficient (Wildman–Crippen LogP) is 2.82. The van der Waals surface area contributed by atoms with Gasteiger partial charge < -0.3 is 24.6 Å². The van der Waals surface area contributed by atoms with Crippen LogP contribution >= 0.6 is 0 Å². The van der Waals surface area contributed by atoms with Gasteiger partial charge in [0.1, 0.15) is 0 Å². The van der Waals surface area contributed by atoms with E-state index in [1.54, 1.807) is 18.7 Å². The lowest BCUT2D eigenvalue weighted by atomic mass is 9.57. The van der Waals surface area contributed by atoms with Gasteiger partial charge in [0, 0.05) is 19.0 Å². The minimum atomic E-state index is -1.86. The summed E-state index contributed by atoms with van der Waals surface area (Å²) in [5, 5.41) is 3.96. The molecule has 33 heavy (non-hydrogen) atoms. The molecule has 1 saturated heterocycles. The SMILES string of the molecule is CC[C@@](OC(N)=O)(C(=O)c1nc(C2CC2)no1)C(C)(C(=O)N1CCOCC1)C1CCCCC1. The molecule has 2 aliphatic carbocycles. The summed E-state index contributed by atoms with van der Waals surface area (Å²) < 4.78 is 16.5. The van der Waals surface area contributed by atoms with Crippen molar-refractivity contribution in [3.8, 4) is 0 Å². The maximum Gasteiger partial charge on any atom is 0.405 e. The Morgan fingerprint density at radius 1 is 1.12 bits per heavy atom. The second kappa shape index (κ2) is 9.40. The normalized spacial score (nSPS) is 23.4. The summed E-state index contributed by atoms with van der Waals surface area (Å²) in [6, 6.07) is 0. The topological polar surface area (TPSA) is 138 Å². The van der Waals surface area contributed by atoms with Crippen LogP contribution in [0.3, 0.4) is 0 Å². The first kappa shape index (κ1) is 23.7. The number of nitrogens with two attached hydrogens (primary N) is 1. The van der Waals surface area contributed by atoms with E-state index < -0.39 is 22.9 Å². The number of carbonyl (C=O) groups excluding carboxylic acids is 3. The Morgan fingerprint density at radius 2 is 1.79 bits per heavy atom. The van der Waals surface area contributed by atoms with Crippen molar-refractivity contribution in [2.75, 3.05) is 26.3 Å². The van der Waals surface area contributed by atoms with Gasteiger partial charge in [-0.15, -0.1) is 0 Å². The molecule has 10 nitrogen and oxygen atoms in total. The van der Waals surface area contributed by atoms with Crippen LogP contribution in [0.15, 0.2) is 4.52 Å². The summed E-state index contributed by atoms with van der Waals surface area (Å²) in [4.78, 5) is 46.5. The molecule has 3 aliphatic rings. The number of ether oxygens (including phenoxy) is 2. The number of Topliss-reactive ketones (excluding diaryl/α,β-unsaturated/α-hetero) is 1. The Kier molecular flexibility index (Phi) is 6.74. The van der Waals surface area contributed by atoms with Crippen LogP contribution in [0.4, 0.5) is 4.79 Å². The van der Waals surface area contributed by atoms with Gasteiger partial charge in [-0.05, 0) is 44.9 Å². The number of primary amides is 1. The number of morpholine rings is 1. The number of carbonyl (C=O) groups is 3. The monoisotopic (exact) mass is 462 g/mol. The van der Waals surface area contributed by atoms with Crippen LogP contribution in [0.1, 0.15) is 87.6 Å². The van der Waals surface area contributed by atoms with E-state index in [4.69, 9.17) is 19.7 Å². The van der Waals surface area contributed by atoms with E-state index >= 15 is 0 Å². The van der Waals surface area contributed by atoms with Crippen molar-refractivity contribution < 1.29 is 28.4 Å². The summed E-state index contributed by atoms with van der Waals surface area (Å²) >= 11 is 0. The lowest BCUT2D eigenvalue weighted by Gasteiger charge is -2.51. The molecule has 0 aromatic carbocycles. The molecule has 1 aromatic rings. The fraction of sp³-hybridized carbons (Fsp3) is 0.783. The highest BCUT2D eigenvalue weighted by Crippen LogP contribution is 2.51. The summed E-state index contributed by atoms with van der Waals surface area (Å²) in [5.74, 6) is -0.633. The largest absolute Gasteiger partial charge is 0.433 e. The number of hydrogen-bond donors (Lipinski definition) is 1. The molecule has 2 heterocycles. The van der Waals surface area contributed by atoms with Gasteiger partial charge in [0.05, 0.1) is 18.6 Å². The Morgan fingerprint density at radius 3 is 2.36 bits per heavy atom. The van der Waals surface area contributed by atoms with Gasteiger partial charge >= 0.3 is 6.09 Å². The van der Waals surface area contributed by atoms with Crippen molar-refractivity contribution in [3.05, 3.63) is 11.7 Å². The fourth-order valence-electron chi connectivity index (χ4n) is 5.62. The third-order valence-corrected chi connectivity index (χ3v) is 7.72. The number of amides is 2. The molecule has 0 spiro atoms. The van der Waals surface area contributed by atoms with Gasteiger partial charge in [0.25, 0.3) is 11.7 Å². The number of hydrogen-bond acceptors (Lipinski definition) is 8. The molecule has 1 aromatic heterocycles. The summed E-state index contributed by atoms with van der Waals surface area (Å²) in [6.07, 6.45) is 5.28. The van der Waals surface area contributed by atoms with E-state index in [0.717, 1.165) is 44.9 Å². The van der Waals surface area contributed by atoms with Crippen LogP contribution in [0.25, 0.3) is 0 Å². The van der Waals surface area contributed by atoms with E-state index in [-0.39, 0.29) is 30.1 Å². The Labute approximate surface area is 193 Å². The maximum atomic E-state index is 14.2. The number of ketones is 1. The van der Waals surface area contributed by atoms with Crippen molar-refractivity contribution in [1.82, 2.24) is 15.0 Å². The Bertz CT molecular complexity index is 887. The average molecular weight is 463 g/mol. The first-order chi connectivity index (χ1) is 15.8. The van der Waals surface area contributed by atoms with Gasteiger partial charge in [-0.25, -0.2) is 4.79 Å². The van der Waals surface area contributed by atoms with Crippen LogP contribution in [0, 0.1) is 11.3 Å². The molecule has 2 N–H and O–H groups in total. The van der Waals surface area contributed by atoms with Gasteiger partial charge in [0.15, 0.2) is 11.4 Å². The molecule has 2 amide bonds. The minimum absolute atomic E-state index is 0.0546. The third kappa shape index (κ3) is 4.25. The zero-order valence-corrected chi connectivity index (χ0v) is 19.5. The molecular weight excluding hydrogens is 428 g/mol. The maximum absolute atomic E-state index is 14.2. The van der Waals surface area contributed by atoms with Gasteiger partial charge in [-0.2, -0.15) is 4.98 Å². The van der Waals surface area contributed by atoms with Crippen LogP contribution < -0.4 is 5.73 Å².